The van der Waals surface area contributed by atoms with Gasteiger partial charge in [0, 0.05) is 51.5 Å². The monoisotopic (exact) mass is 576 g/mol. The van der Waals surface area contributed by atoms with Gasteiger partial charge in [0.2, 0.25) is 0 Å². The molecule has 2 N–H and O–H groups in total. The number of nitrogens with one attached hydrogen (secondary N) is 2. The fourth-order valence-corrected chi connectivity index (χ4v) is 6.23. The number of fused-ring (bicyclic) bond motifs is 1. The van der Waals surface area contributed by atoms with Crippen molar-refractivity contribution in [2.75, 3.05) is 5.32 Å². The Kier molecular flexibility index (Phi) is 6.88. The van der Waals surface area contributed by atoms with Crippen LogP contribution in [0.3, 0.4) is 0 Å². The van der Waals surface area contributed by atoms with Gasteiger partial charge in [0.05, 0.1) is 4.90 Å². The number of rotatable bonds is 8. The summed E-state index contributed by atoms with van der Waals surface area (Å²) in [4.78, 5) is 36.9. The first-order chi connectivity index (χ1) is 20.9. The molecule has 1 aromatic heterocycles. The zero-order valence-corrected chi connectivity index (χ0v) is 23.2. The molecule has 1 aliphatic carbocycles. The lowest BCUT2D eigenvalue weighted by atomic mass is 9.97. The van der Waals surface area contributed by atoms with E-state index in [9.17, 15) is 22.8 Å². The molecule has 0 atom stereocenters. The molecule has 1 heterocycles. The highest BCUT2D eigenvalue weighted by molar-refractivity contribution is 7.90. The molecule has 212 valence electrons. The van der Waals surface area contributed by atoms with E-state index < -0.39 is 39.3 Å². The van der Waals surface area contributed by atoms with Crippen LogP contribution in [0.5, 0.6) is 0 Å². The molecule has 0 bridgehead atoms. The van der Waals surface area contributed by atoms with Gasteiger partial charge in [-0.3, -0.25) is 14.9 Å². The van der Waals surface area contributed by atoms with Gasteiger partial charge in [-0.2, -0.15) is 0 Å². The first-order valence-corrected chi connectivity index (χ1v) is 14.6. The molecule has 0 saturated heterocycles. The van der Waals surface area contributed by atoms with Gasteiger partial charge in [0.15, 0.2) is 0 Å². The van der Waals surface area contributed by atoms with Crippen molar-refractivity contribution in [2.24, 2.45) is 7.05 Å². The fourth-order valence-electron chi connectivity index (χ4n) is 5.15. The summed E-state index contributed by atoms with van der Waals surface area (Å²) in [6.07, 6.45) is 6.06. The molecule has 0 radical (unpaired) electrons. The molecule has 4 aromatic rings. The van der Waals surface area contributed by atoms with Crippen molar-refractivity contribution in [3.05, 3.63) is 94.7 Å². The van der Waals surface area contributed by atoms with E-state index in [-0.39, 0.29) is 17.2 Å². The Labute approximate surface area is 242 Å². The molecule has 0 unspecified atom stereocenters. The number of amides is 2. The van der Waals surface area contributed by atoms with E-state index in [1.807, 2.05) is 34.7 Å². The summed E-state index contributed by atoms with van der Waals surface area (Å²) in [6, 6.07) is 14.8. The standard InChI is InChI=1S/C31H31N3O6S/c1-20-7-3-6-10-29(20)41(38,39)33-30(36)22-12-11-21(24(16-22)19-35)15-23-18-34(2)28-14-13-25(17-27(23)28)32-31(37)40-26-8-4-5-9-26/h3,6-7,10-14,16-19,26H,4-5,8-9,15H2,1-2H3,(H,32,37)(H,33,36)/i1D3. The molecular formula is C31H31N3O6S. The van der Waals surface area contributed by atoms with E-state index in [0.717, 1.165) is 48.2 Å². The van der Waals surface area contributed by atoms with Gasteiger partial charge >= 0.3 is 6.09 Å². The molecule has 1 fully saturated rings. The van der Waals surface area contributed by atoms with Gasteiger partial charge in [-0.25, -0.2) is 17.9 Å². The average Bonchev–Trinajstić information content (AvgIpc) is 3.59. The van der Waals surface area contributed by atoms with E-state index in [1.54, 1.807) is 12.1 Å². The Morgan fingerprint density at radius 3 is 2.61 bits per heavy atom. The number of hydrogen-bond acceptors (Lipinski definition) is 6. The van der Waals surface area contributed by atoms with Crippen LogP contribution in [0.4, 0.5) is 10.5 Å². The van der Waals surface area contributed by atoms with Gasteiger partial charge in [-0.05, 0) is 85.6 Å². The molecular weight excluding hydrogens is 542 g/mol. The second-order valence-corrected chi connectivity index (χ2v) is 11.7. The third-order valence-electron chi connectivity index (χ3n) is 7.21. The van der Waals surface area contributed by atoms with Crippen molar-refractivity contribution in [3.63, 3.8) is 0 Å². The molecule has 5 rings (SSSR count). The van der Waals surface area contributed by atoms with E-state index >= 15 is 0 Å². The van der Waals surface area contributed by atoms with Crippen molar-refractivity contribution >= 4 is 44.9 Å². The summed E-state index contributed by atoms with van der Waals surface area (Å²) in [7, 11) is -2.65. The molecule has 1 saturated carbocycles. The van der Waals surface area contributed by atoms with Crippen molar-refractivity contribution in [3.8, 4) is 0 Å². The second-order valence-electron chi connectivity index (χ2n) is 10.1. The summed E-state index contributed by atoms with van der Waals surface area (Å²) < 4.78 is 58.2. The number of hydrogen-bond donors (Lipinski definition) is 2. The van der Waals surface area contributed by atoms with Crippen LogP contribution in [0.25, 0.3) is 10.9 Å². The lowest BCUT2D eigenvalue weighted by Gasteiger charge is -2.12. The maximum Gasteiger partial charge on any atom is 0.411 e. The zero-order valence-electron chi connectivity index (χ0n) is 25.3. The molecule has 41 heavy (non-hydrogen) atoms. The summed E-state index contributed by atoms with van der Waals surface area (Å²) >= 11 is 0. The van der Waals surface area contributed by atoms with Crippen LogP contribution in [-0.4, -0.2) is 37.4 Å². The lowest BCUT2D eigenvalue weighted by molar-refractivity contribution is 0.0981. The predicted molar refractivity (Wildman–Crippen MR) is 156 cm³/mol. The normalized spacial score (nSPS) is 15.1. The third-order valence-corrected chi connectivity index (χ3v) is 8.60. The Hall–Kier alpha value is -4.44. The van der Waals surface area contributed by atoms with E-state index in [4.69, 9.17) is 8.85 Å². The van der Waals surface area contributed by atoms with Crippen LogP contribution in [0.1, 0.15) is 67.2 Å². The van der Waals surface area contributed by atoms with Crippen LogP contribution in [0.2, 0.25) is 0 Å². The molecule has 9 nitrogen and oxygen atoms in total. The molecule has 0 spiro atoms. The SMILES string of the molecule is [2H]C([2H])([2H])c1ccccc1S(=O)(=O)NC(=O)c1ccc(Cc2cn(C)c3ccc(NC(=O)OC4CCCC4)cc23)c(C=O)c1. The number of sulfonamides is 1. The average molecular weight is 577 g/mol. The summed E-state index contributed by atoms with van der Waals surface area (Å²) in [5.74, 6) is -1.01. The largest absolute Gasteiger partial charge is 0.446 e. The van der Waals surface area contributed by atoms with Gasteiger partial charge in [-0.1, -0.05) is 24.3 Å². The minimum atomic E-state index is -4.53. The van der Waals surface area contributed by atoms with Crippen molar-refractivity contribution in [1.29, 1.82) is 0 Å². The van der Waals surface area contributed by atoms with E-state index in [2.05, 4.69) is 5.32 Å². The Morgan fingerprint density at radius 2 is 1.85 bits per heavy atom. The van der Waals surface area contributed by atoms with Crippen LogP contribution in [-0.2, 0) is 28.2 Å². The van der Waals surface area contributed by atoms with Crippen molar-refractivity contribution in [2.45, 2.75) is 50.0 Å². The van der Waals surface area contributed by atoms with Crippen LogP contribution in [0, 0.1) is 6.85 Å². The molecule has 1 aliphatic rings. The number of benzene rings is 3. The summed E-state index contributed by atoms with van der Waals surface area (Å²) in [5.41, 5.74) is 2.61. The first kappa shape index (κ1) is 24.4. The number of carbonyl (C=O) groups is 3. The number of aromatic nitrogens is 1. The quantitative estimate of drug-likeness (QED) is 0.267. The minimum absolute atomic E-state index is 0.0667. The molecule has 10 heteroatoms. The van der Waals surface area contributed by atoms with Gasteiger partial charge < -0.3 is 9.30 Å². The highest BCUT2D eigenvalue weighted by Crippen LogP contribution is 2.28. The number of anilines is 1. The predicted octanol–water partition coefficient (Wildman–Crippen LogP) is 5.50. The number of aldehydes is 1. The summed E-state index contributed by atoms with van der Waals surface area (Å²) in [6.45, 7) is -2.71. The van der Waals surface area contributed by atoms with Crippen molar-refractivity contribution in [1.82, 2.24) is 9.29 Å². The van der Waals surface area contributed by atoms with E-state index in [1.165, 1.54) is 30.3 Å². The number of ether oxygens (including phenoxy) is 1. The van der Waals surface area contributed by atoms with Crippen LogP contribution >= 0.6 is 0 Å². The Bertz CT molecular complexity index is 1860. The molecule has 0 aliphatic heterocycles. The Morgan fingerprint density at radius 1 is 1.07 bits per heavy atom. The van der Waals surface area contributed by atoms with Crippen LogP contribution < -0.4 is 10.0 Å². The van der Waals surface area contributed by atoms with Gasteiger partial charge in [0.25, 0.3) is 15.9 Å². The number of carbonyl (C=O) groups excluding carboxylic acids is 3. The number of nitrogens with zero attached hydrogens (tertiary/aromatic N) is 1. The maximum atomic E-state index is 13.0. The van der Waals surface area contributed by atoms with Crippen LogP contribution in [0.15, 0.2) is 71.8 Å². The maximum absolute atomic E-state index is 13.0. The lowest BCUT2D eigenvalue weighted by Crippen LogP contribution is -2.31. The second kappa shape index (κ2) is 11.6. The number of aryl methyl sites for hydroxylation is 2. The fraction of sp³-hybridized carbons (Fsp3) is 0.258. The smallest absolute Gasteiger partial charge is 0.411 e. The Balaban J connectivity index is 1.36. The zero-order chi connectivity index (χ0) is 31.6. The van der Waals surface area contributed by atoms with Gasteiger partial charge in [0.1, 0.15) is 12.4 Å². The third kappa shape index (κ3) is 6.17. The first-order valence-electron chi connectivity index (χ1n) is 14.7. The highest BCUT2D eigenvalue weighted by Gasteiger charge is 2.22. The topological polar surface area (TPSA) is 124 Å². The van der Waals surface area contributed by atoms with Crippen molar-refractivity contribution < 1.29 is 31.7 Å². The minimum Gasteiger partial charge on any atom is -0.446 e. The highest BCUT2D eigenvalue weighted by atomic mass is 32.2. The van der Waals surface area contributed by atoms with E-state index in [0.29, 0.717) is 24.0 Å². The molecule has 3 aromatic carbocycles. The van der Waals surface area contributed by atoms with Gasteiger partial charge in [-0.15, -0.1) is 0 Å². The molecule has 2 amide bonds. The summed E-state index contributed by atoms with van der Waals surface area (Å²) in [5, 5.41) is 3.65.